The van der Waals surface area contributed by atoms with Crippen molar-refractivity contribution in [3.05, 3.63) is 28.0 Å². The average Bonchev–Trinajstić information content (AvgIpc) is 2.74. The van der Waals surface area contributed by atoms with E-state index in [2.05, 4.69) is 5.32 Å². The second kappa shape index (κ2) is 7.31. The first-order valence-electron chi connectivity index (χ1n) is 6.22. The molecule has 19 heavy (non-hydrogen) atoms. The summed E-state index contributed by atoms with van der Waals surface area (Å²) in [5.41, 5.74) is 0.614. The van der Waals surface area contributed by atoms with Crippen molar-refractivity contribution in [2.75, 3.05) is 6.54 Å². The van der Waals surface area contributed by atoms with Gasteiger partial charge in [0.05, 0.1) is 6.61 Å². The van der Waals surface area contributed by atoms with Crippen molar-refractivity contribution in [2.24, 2.45) is 0 Å². The first-order chi connectivity index (χ1) is 8.90. The van der Waals surface area contributed by atoms with Crippen LogP contribution in [0.3, 0.4) is 0 Å². The minimum atomic E-state index is -0.461. The van der Waals surface area contributed by atoms with Crippen molar-refractivity contribution < 1.29 is 14.6 Å². The van der Waals surface area contributed by atoms with E-state index in [0.717, 1.165) is 16.9 Å². The lowest BCUT2D eigenvalue weighted by Gasteiger charge is -2.19. The second-order valence-corrected chi connectivity index (χ2v) is 6.12. The van der Waals surface area contributed by atoms with E-state index in [1.54, 1.807) is 0 Å². The molecule has 0 saturated heterocycles. The first kappa shape index (κ1) is 15.7. The summed E-state index contributed by atoms with van der Waals surface area (Å²) in [6.45, 7) is 6.13. The van der Waals surface area contributed by atoms with Gasteiger partial charge in [-0.25, -0.2) is 4.79 Å². The Bertz CT molecular complexity index is 432. The third-order valence-corrected chi connectivity index (χ3v) is 3.06. The Labute approximate surface area is 118 Å². The molecule has 4 nitrogen and oxygen atoms in total. The number of rotatable bonds is 5. The first-order valence-corrected chi connectivity index (χ1v) is 7.10. The van der Waals surface area contributed by atoms with Crippen LogP contribution in [0.25, 0.3) is 6.08 Å². The highest BCUT2D eigenvalue weighted by Gasteiger charge is 2.15. The van der Waals surface area contributed by atoms with Gasteiger partial charge in [0.1, 0.15) is 5.60 Å². The molecule has 0 unspecified atom stereocenters. The van der Waals surface area contributed by atoms with Gasteiger partial charge in [-0.05, 0) is 44.2 Å². The molecule has 0 aromatic carbocycles. The monoisotopic (exact) mass is 283 g/mol. The third-order valence-electron chi connectivity index (χ3n) is 2.12. The fourth-order valence-electron chi connectivity index (χ4n) is 1.36. The summed E-state index contributed by atoms with van der Waals surface area (Å²) in [7, 11) is 0. The molecule has 0 radical (unpaired) electrons. The van der Waals surface area contributed by atoms with Crippen LogP contribution in [0, 0.1) is 0 Å². The fourth-order valence-corrected chi connectivity index (χ4v) is 2.07. The Morgan fingerprint density at radius 3 is 2.84 bits per heavy atom. The van der Waals surface area contributed by atoms with E-state index in [1.165, 1.54) is 11.3 Å². The Hall–Kier alpha value is -1.33. The Balaban J connectivity index is 2.22. The number of aliphatic hydroxyl groups is 1. The molecule has 0 aliphatic carbocycles. The quantitative estimate of drug-likeness (QED) is 0.816. The van der Waals surface area contributed by atoms with Crippen molar-refractivity contribution in [3.63, 3.8) is 0 Å². The number of hydrogen-bond donors (Lipinski definition) is 2. The standard InChI is InChI=1S/C14H21NO3S/c1-14(2,3)18-13(17)15-7-5-4-6-11-8-12(9-16)19-10-11/h4,6,8,10,16H,5,7,9H2,1-3H3,(H,15,17). The molecule has 1 aromatic rings. The van der Waals surface area contributed by atoms with Crippen LogP contribution in [0.4, 0.5) is 4.79 Å². The summed E-state index contributed by atoms with van der Waals surface area (Å²) in [6, 6.07) is 1.95. The van der Waals surface area contributed by atoms with E-state index in [1.807, 2.05) is 44.4 Å². The number of aliphatic hydroxyl groups excluding tert-OH is 1. The van der Waals surface area contributed by atoms with E-state index in [-0.39, 0.29) is 12.7 Å². The van der Waals surface area contributed by atoms with Gasteiger partial charge in [0.25, 0.3) is 0 Å². The van der Waals surface area contributed by atoms with Crippen molar-refractivity contribution >= 4 is 23.5 Å². The molecule has 0 atom stereocenters. The molecule has 0 bridgehead atoms. The van der Waals surface area contributed by atoms with Gasteiger partial charge in [-0.3, -0.25) is 0 Å². The van der Waals surface area contributed by atoms with Gasteiger partial charge in [-0.1, -0.05) is 12.2 Å². The minimum Gasteiger partial charge on any atom is -0.444 e. The maximum atomic E-state index is 11.4. The van der Waals surface area contributed by atoms with Gasteiger partial charge in [-0.15, -0.1) is 11.3 Å². The van der Waals surface area contributed by atoms with Crippen LogP contribution in [0.15, 0.2) is 17.5 Å². The van der Waals surface area contributed by atoms with Gasteiger partial charge in [0, 0.05) is 11.4 Å². The maximum Gasteiger partial charge on any atom is 0.407 e. The molecule has 0 aliphatic heterocycles. The zero-order valence-corrected chi connectivity index (χ0v) is 12.4. The highest BCUT2D eigenvalue weighted by atomic mass is 32.1. The Morgan fingerprint density at radius 2 is 2.26 bits per heavy atom. The van der Waals surface area contributed by atoms with Crippen molar-refractivity contribution in [3.8, 4) is 0 Å². The molecule has 1 heterocycles. The lowest BCUT2D eigenvalue weighted by molar-refractivity contribution is 0.0529. The fraction of sp³-hybridized carbons (Fsp3) is 0.500. The lowest BCUT2D eigenvalue weighted by atomic mass is 10.2. The normalized spacial score (nSPS) is 11.8. The van der Waals surface area contributed by atoms with Gasteiger partial charge in [0.2, 0.25) is 0 Å². The Kier molecular flexibility index (Phi) is 6.05. The lowest BCUT2D eigenvalue weighted by Crippen LogP contribution is -2.32. The smallest absolute Gasteiger partial charge is 0.407 e. The summed E-state index contributed by atoms with van der Waals surface area (Å²) in [5.74, 6) is 0. The summed E-state index contributed by atoms with van der Waals surface area (Å²) >= 11 is 1.53. The van der Waals surface area contributed by atoms with E-state index >= 15 is 0 Å². The predicted octanol–water partition coefficient (Wildman–Crippen LogP) is 3.17. The molecule has 0 fully saturated rings. The van der Waals surface area contributed by atoms with Crippen LogP contribution in [0.2, 0.25) is 0 Å². The molecule has 2 N–H and O–H groups in total. The number of nitrogens with one attached hydrogen (secondary N) is 1. The largest absolute Gasteiger partial charge is 0.444 e. The molecule has 5 heteroatoms. The van der Waals surface area contributed by atoms with Gasteiger partial charge >= 0.3 is 6.09 Å². The molecule has 0 saturated carbocycles. The van der Waals surface area contributed by atoms with Crippen molar-refractivity contribution in [1.29, 1.82) is 0 Å². The molecule has 1 rings (SSSR count). The van der Waals surface area contributed by atoms with Crippen LogP contribution in [-0.2, 0) is 11.3 Å². The van der Waals surface area contributed by atoms with Crippen LogP contribution >= 0.6 is 11.3 Å². The van der Waals surface area contributed by atoms with E-state index in [0.29, 0.717) is 6.54 Å². The van der Waals surface area contributed by atoms with Gasteiger partial charge in [0.15, 0.2) is 0 Å². The molecular weight excluding hydrogens is 262 g/mol. The number of amides is 1. The van der Waals surface area contributed by atoms with Crippen molar-refractivity contribution in [1.82, 2.24) is 5.32 Å². The summed E-state index contributed by atoms with van der Waals surface area (Å²) in [6.07, 6.45) is 4.32. The molecule has 0 spiro atoms. The summed E-state index contributed by atoms with van der Waals surface area (Å²) in [4.78, 5) is 12.3. The number of carbonyl (C=O) groups is 1. The number of ether oxygens (including phenoxy) is 1. The van der Waals surface area contributed by atoms with Crippen LogP contribution < -0.4 is 5.32 Å². The third kappa shape index (κ3) is 6.98. The average molecular weight is 283 g/mol. The van der Waals surface area contributed by atoms with Gasteiger partial charge in [-0.2, -0.15) is 0 Å². The maximum absolute atomic E-state index is 11.4. The number of alkyl carbamates (subject to hydrolysis) is 1. The van der Waals surface area contributed by atoms with E-state index < -0.39 is 5.60 Å². The zero-order valence-electron chi connectivity index (χ0n) is 11.6. The molecule has 0 aliphatic rings. The number of thiophene rings is 1. The number of hydrogen-bond acceptors (Lipinski definition) is 4. The highest BCUT2D eigenvalue weighted by Crippen LogP contribution is 2.15. The van der Waals surface area contributed by atoms with E-state index in [4.69, 9.17) is 9.84 Å². The topological polar surface area (TPSA) is 58.6 Å². The van der Waals surface area contributed by atoms with Crippen molar-refractivity contribution in [2.45, 2.75) is 39.4 Å². The minimum absolute atomic E-state index is 0.0820. The molecule has 1 aromatic heterocycles. The summed E-state index contributed by atoms with van der Waals surface area (Å²) < 4.78 is 5.12. The molecule has 1 amide bonds. The van der Waals surface area contributed by atoms with Crippen LogP contribution in [-0.4, -0.2) is 23.3 Å². The molecule has 106 valence electrons. The zero-order chi connectivity index (χ0) is 14.3. The van der Waals surface area contributed by atoms with Crippen LogP contribution in [0.5, 0.6) is 0 Å². The van der Waals surface area contributed by atoms with E-state index in [9.17, 15) is 4.79 Å². The number of carbonyl (C=O) groups excluding carboxylic acids is 1. The Morgan fingerprint density at radius 1 is 1.53 bits per heavy atom. The highest BCUT2D eigenvalue weighted by molar-refractivity contribution is 7.10. The van der Waals surface area contributed by atoms with Gasteiger partial charge < -0.3 is 15.2 Å². The molecular formula is C14H21NO3S. The summed E-state index contributed by atoms with van der Waals surface area (Å²) in [5, 5.41) is 13.6. The SMILES string of the molecule is CC(C)(C)OC(=O)NCCC=Cc1csc(CO)c1. The second-order valence-electron chi connectivity index (χ2n) is 5.12. The predicted molar refractivity (Wildman–Crippen MR) is 78.1 cm³/mol. The van der Waals surface area contributed by atoms with Crippen LogP contribution in [0.1, 0.15) is 37.6 Å².